The van der Waals surface area contributed by atoms with Crippen molar-refractivity contribution in [1.29, 1.82) is 0 Å². The average Bonchev–Trinajstić information content (AvgIpc) is 3.56. The zero-order chi connectivity index (χ0) is 22.7. The van der Waals surface area contributed by atoms with Crippen LogP contribution in [0, 0.1) is 0 Å². The van der Waals surface area contributed by atoms with Crippen LogP contribution in [-0.2, 0) is 0 Å². The number of aromatic nitrogens is 4. The van der Waals surface area contributed by atoms with Crippen molar-refractivity contribution >= 4 is 51.4 Å². The van der Waals surface area contributed by atoms with Crippen LogP contribution in [0.15, 0.2) is 24.5 Å². The molecule has 0 atom stereocenters. The standard InChI is InChI=1S/C22H23Cl2F2N7/c23-16-7-13-9-27-21(30-18-10-28-33(20(18)24)15-1-2-15)29-17(13)8-19(16)31-5-3-14(4-6-31)32-11-22(25,26)12-32/h7-10,14-15H,1-6,11-12H2,(H,27,29,30). The zero-order valence-electron chi connectivity index (χ0n) is 17.8. The topological polar surface area (TPSA) is 62.1 Å². The Bertz CT molecular complexity index is 1200. The summed E-state index contributed by atoms with van der Waals surface area (Å²) >= 11 is 13.0. The summed E-state index contributed by atoms with van der Waals surface area (Å²) in [5, 5.41) is 9.55. The molecular weight excluding hydrogens is 471 g/mol. The third-order valence-electron chi connectivity index (χ3n) is 6.71. The molecule has 2 aromatic heterocycles. The van der Waals surface area contributed by atoms with Gasteiger partial charge in [0.15, 0.2) is 5.15 Å². The second-order valence-electron chi connectivity index (χ2n) is 9.18. The lowest BCUT2D eigenvalue weighted by atomic mass is 9.97. The van der Waals surface area contributed by atoms with Crippen molar-refractivity contribution in [3.05, 3.63) is 34.7 Å². The Labute approximate surface area is 199 Å². The van der Waals surface area contributed by atoms with Crippen LogP contribution < -0.4 is 10.2 Å². The van der Waals surface area contributed by atoms with Crippen molar-refractivity contribution in [3.63, 3.8) is 0 Å². The minimum absolute atomic E-state index is 0.120. The third-order valence-corrected chi connectivity index (χ3v) is 7.39. The van der Waals surface area contributed by atoms with E-state index in [0.717, 1.165) is 55.4 Å². The van der Waals surface area contributed by atoms with Gasteiger partial charge < -0.3 is 10.2 Å². The van der Waals surface area contributed by atoms with Gasteiger partial charge in [-0.2, -0.15) is 5.10 Å². The van der Waals surface area contributed by atoms with Gasteiger partial charge in [0.25, 0.3) is 5.92 Å². The van der Waals surface area contributed by atoms with Gasteiger partial charge in [-0.25, -0.2) is 23.4 Å². The number of piperidine rings is 1. The first-order valence-corrected chi connectivity index (χ1v) is 11.9. The molecule has 7 nitrogen and oxygen atoms in total. The number of nitrogens with one attached hydrogen (secondary N) is 1. The van der Waals surface area contributed by atoms with Crippen LogP contribution in [0.4, 0.5) is 26.1 Å². The highest BCUT2D eigenvalue weighted by Gasteiger charge is 2.46. The van der Waals surface area contributed by atoms with Crippen LogP contribution in [0.3, 0.4) is 0 Å². The lowest BCUT2D eigenvalue weighted by Crippen LogP contribution is -2.61. The lowest BCUT2D eigenvalue weighted by molar-refractivity contribution is -0.148. The van der Waals surface area contributed by atoms with Gasteiger partial charge in [0.2, 0.25) is 5.95 Å². The van der Waals surface area contributed by atoms with Crippen LogP contribution in [0.2, 0.25) is 10.2 Å². The largest absolute Gasteiger partial charge is 0.370 e. The summed E-state index contributed by atoms with van der Waals surface area (Å²) in [6.07, 6.45) is 7.29. The van der Waals surface area contributed by atoms with Crippen LogP contribution in [0.5, 0.6) is 0 Å². The molecule has 1 saturated carbocycles. The van der Waals surface area contributed by atoms with Gasteiger partial charge in [-0.05, 0) is 37.8 Å². The van der Waals surface area contributed by atoms with Crippen LogP contribution in [-0.4, -0.2) is 62.8 Å². The molecule has 2 saturated heterocycles. The number of benzene rings is 1. The average molecular weight is 494 g/mol. The number of hydrogen-bond donors (Lipinski definition) is 1. The molecule has 0 bridgehead atoms. The zero-order valence-corrected chi connectivity index (χ0v) is 19.3. The fraction of sp³-hybridized carbons (Fsp3) is 0.500. The van der Waals surface area contributed by atoms with Crippen molar-refractivity contribution in [1.82, 2.24) is 24.6 Å². The molecule has 11 heteroatoms. The highest BCUT2D eigenvalue weighted by molar-refractivity contribution is 6.34. The summed E-state index contributed by atoms with van der Waals surface area (Å²) in [6.45, 7) is 1.30. The van der Waals surface area contributed by atoms with Gasteiger partial charge in [-0.15, -0.1) is 0 Å². The number of anilines is 3. The molecule has 2 aliphatic heterocycles. The van der Waals surface area contributed by atoms with Crippen LogP contribution in [0.1, 0.15) is 31.7 Å². The van der Waals surface area contributed by atoms with Crippen molar-refractivity contribution in [2.24, 2.45) is 0 Å². The normalized spacial score (nSPS) is 21.4. The molecule has 1 aliphatic carbocycles. The fourth-order valence-corrected chi connectivity index (χ4v) is 5.32. The van der Waals surface area contributed by atoms with Crippen molar-refractivity contribution in [2.45, 2.75) is 43.7 Å². The monoisotopic (exact) mass is 493 g/mol. The van der Waals surface area contributed by atoms with E-state index >= 15 is 0 Å². The minimum atomic E-state index is -2.52. The Morgan fingerprint density at radius 2 is 1.76 bits per heavy atom. The van der Waals surface area contributed by atoms with E-state index < -0.39 is 5.92 Å². The molecule has 3 fully saturated rings. The maximum atomic E-state index is 13.2. The summed E-state index contributed by atoms with van der Waals surface area (Å²) < 4.78 is 28.3. The summed E-state index contributed by atoms with van der Waals surface area (Å²) in [7, 11) is 0. The smallest absolute Gasteiger partial charge is 0.272 e. The molecule has 1 aromatic carbocycles. The second-order valence-corrected chi connectivity index (χ2v) is 9.95. The highest BCUT2D eigenvalue weighted by atomic mass is 35.5. The first-order chi connectivity index (χ1) is 15.9. The summed E-state index contributed by atoms with van der Waals surface area (Å²) in [5.74, 6) is -2.09. The Morgan fingerprint density at radius 1 is 1.00 bits per heavy atom. The van der Waals surface area contributed by atoms with E-state index in [1.54, 1.807) is 12.4 Å². The van der Waals surface area contributed by atoms with E-state index in [-0.39, 0.29) is 19.1 Å². The molecule has 0 unspecified atom stereocenters. The molecule has 4 heterocycles. The first kappa shape index (κ1) is 21.3. The van der Waals surface area contributed by atoms with Crippen molar-refractivity contribution < 1.29 is 8.78 Å². The van der Waals surface area contributed by atoms with E-state index in [2.05, 4.69) is 25.3 Å². The predicted octanol–water partition coefficient (Wildman–Crippen LogP) is 5.13. The van der Waals surface area contributed by atoms with E-state index in [9.17, 15) is 8.78 Å². The molecular formula is C22H23Cl2F2N7. The number of alkyl halides is 2. The van der Waals surface area contributed by atoms with Gasteiger partial charge in [0, 0.05) is 30.7 Å². The second kappa shape index (κ2) is 7.92. The molecule has 3 aliphatic rings. The van der Waals surface area contributed by atoms with E-state index in [0.29, 0.717) is 27.9 Å². The maximum Gasteiger partial charge on any atom is 0.272 e. The number of hydrogen-bond acceptors (Lipinski definition) is 6. The first-order valence-electron chi connectivity index (χ1n) is 11.2. The third kappa shape index (κ3) is 4.11. The molecule has 174 valence electrons. The maximum absolute atomic E-state index is 13.2. The summed E-state index contributed by atoms with van der Waals surface area (Å²) in [4.78, 5) is 13.2. The van der Waals surface area contributed by atoms with Crippen LogP contribution in [0.25, 0.3) is 10.9 Å². The Kier molecular flexibility index (Phi) is 5.12. The lowest BCUT2D eigenvalue weighted by Gasteiger charge is -2.47. The number of nitrogens with zero attached hydrogens (tertiary/aromatic N) is 6. The Balaban J connectivity index is 1.19. The molecule has 0 radical (unpaired) electrons. The predicted molar refractivity (Wildman–Crippen MR) is 125 cm³/mol. The van der Waals surface area contributed by atoms with E-state index in [4.69, 9.17) is 23.2 Å². The highest BCUT2D eigenvalue weighted by Crippen LogP contribution is 2.39. The number of halogens is 4. The van der Waals surface area contributed by atoms with Gasteiger partial charge in [-0.1, -0.05) is 23.2 Å². The Morgan fingerprint density at radius 3 is 2.45 bits per heavy atom. The quantitative estimate of drug-likeness (QED) is 0.531. The number of likely N-dealkylation sites (tertiary alicyclic amines) is 1. The number of fused-ring (bicyclic) bond motifs is 1. The molecule has 6 rings (SSSR count). The minimum Gasteiger partial charge on any atom is -0.370 e. The van der Waals surface area contributed by atoms with E-state index in [1.165, 1.54) is 0 Å². The van der Waals surface area contributed by atoms with Crippen LogP contribution >= 0.6 is 23.2 Å². The van der Waals surface area contributed by atoms with Gasteiger partial charge in [-0.3, -0.25) is 4.90 Å². The Hall–Kier alpha value is -2.23. The van der Waals surface area contributed by atoms with Crippen molar-refractivity contribution in [2.75, 3.05) is 36.4 Å². The van der Waals surface area contributed by atoms with E-state index in [1.807, 2.05) is 21.7 Å². The van der Waals surface area contributed by atoms with Gasteiger partial charge in [0.1, 0.15) is 0 Å². The molecule has 33 heavy (non-hydrogen) atoms. The number of rotatable bonds is 5. The molecule has 1 N–H and O–H groups in total. The summed E-state index contributed by atoms with van der Waals surface area (Å²) in [5.41, 5.74) is 2.35. The van der Waals surface area contributed by atoms with Crippen molar-refractivity contribution in [3.8, 4) is 0 Å². The molecule has 3 aromatic rings. The van der Waals surface area contributed by atoms with Gasteiger partial charge in [0.05, 0.1) is 47.2 Å². The van der Waals surface area contributed by atoms with Gasteiger partial charge >= 0.3 is 0 Å². The SMILES string of the molecule is FC1(F)CN(C2CCN(c3cc4nc(Nc5cnn(C6CC6)c5Cl)ncc4cc3Cl)CC2)C1. The fourth-order valence-electron chi connectivity index (χ4n) is 4.75. The molecule has 0 spiro atoms. The summed E-state index contributed by atoms with van der Waals surface area (Å²) in [6, 6.07) is 4.44. The molecule has 0 amide bonds.